The molecule has 1 aliphatic heterocycles. The number of methoxy groups -OCH3 is 2. The normalized spacial score (nSPS) is 16.8. The predicted octanol–water partition coefficient (Wildman–Crippen LogP) is 5.59. The molecule has 8 nitrogen and oxygen atoms in total. The minimum atomic E-state index is -0.965. The summed E-state index contributed by atoms with van der Waals surface area (Å²) in [5.74, 6) is -1.02. The van der Waals surface area contributed by atoms with E-state index in [2.05, 4.69) is 5.32 Å². The maximum absolute atomic E-state index is 13.6. The number of benzene rings is 3. The highest BCUT2D eigenvalue weighted by Crippen LogP contribution is 2.45. The van der Waals surface area contributed by atoms with Gasteiger partial charge in [0.15, 0.2) is 0 Å². The molecule has 1 atom stereocenters. The summed E-state index contributed by atoms with van der Waals surface area (Å²) in [6, 6.07) is 17.9. The molecule has 39 heavy (non-hydrogen) atoms. The fourth-order valence-corrected chi connectivity index (χ4v) is 4.79. The minimum absolute atomic E-state index is 0.0551. The van der Waals surface area contributed by atoms with Crippen LogP contribution in [0, 0.1) is 0 Å². The summed E-state index contributed by atoms with van der Waals surface area (Å²) in [6.45, 7) is 7.46. The number of ether oxygens (including phenoxy) is 2. The predicted molar refractivity (Wildman–Crippen MR) is 150 cm³/mol. The molecule has 2 N–H and O–H groups in total. The molecule has 0 aliphatic carbocycles. The van der Waals surface area contributed by atoms with Gasteiger partial charge in [0.1, 0.15) is 17.3 Å². The van der Waals surface area contributed by atoms with Crippen LogP contribution < -0.4 is 19.7 Å². The molecule has 0 aromatic heterocycles. The second kappa shape index (κ2) is 10.6. The molecular formula is C31H32N2O6. The van der Waals surface area contributed by atoms with Crippen LogP contribution in [0.25, 0.3) is 5.76 Å². The fraction of sp³-hybridized carbons (Fsp3) is 0.258. The Morgan fingerprint density at radius 2 is 1.56 bits per heavy atom. The number of hydrogen-bond donors (Lipinski definition) is 2. The molecule has 1 aliphatic rings. The lowest BCUT2D eigenvalue weighted by molar-refractivity contribution is -0.132. The molecule has 0 radical (unpaired) electrons. The molecule has 0 bridgehead atoms. The molecule has 1 fully saturated rings. The van der Waals surface area contributed by atoms with Crippen molar-refractivity contribution in [1.29, 1.82) is 0 Å². The number of nitrogens with one attached hydrogen (secondary N) is 1. The van der Waals surface area contributed by atoms with E-state index in [4.69, 9.17) is 9.47 Å². The van der Waals surface area contributed by atoms with E-state index >= 15 is 0 Å². The summed E-state index contributed by atoms with van der Waals surface area (Å²) < 4.78 is 11.1. The standard InChI is InChI=1S/C31H32N2O6/c1-18(34)32-20-12-14-21(15-13-20)33-27(22-9-7-8-10-24(22)38-5)26(29(36)30(33)37)28(35)19-11-16-25(39-6)23(17-19)31(2,3)4/h7-17,27,35H,1-6H3,(H,32,34)/b28-26+. The highest BCUT2D eigenvalue weighted by Gasteiger charge is 2.48. The average molecular weight is 529 g/mol. The Labute approximate surface area is 227 Å². The van der Waals surface area contributed by atoms with Crippen LogP contribution in [0.4, 0.5) is 11.4 Å². The van der Waals surface area contributed by atoms with Gasteiger partial charge in [-0.25, -0.2) is 0 Å². The molecule has 1 saturated heterocycles. The first-order valence-corrected chi connectivity index (χ1v) is 12.5. The van der Waals surface area contributed by atoms with Crippen molar-refractivity contribution in [3.05, 3.63) is 89.0 Å². The third-order valence-electron chi connectivity index (χ3n) is 6.62. The summed E-state index contributed by atoms with van der Waals surface area (Å²) in [7, 11) is 3.08. The van der Waals surface area contributed by atoms with Gasteiger partial charge in [-0.2, -0.15) is 0 Å². The number of nitrogens with zero attached hydrogens (tertiary/aromatic N) is 1. The smallest absolute Gasteiger partial charge is 0.300 e. The third kappa shape index (κ3) is 5.23. The van der Waals surface area contributed by atoms with E-state index in [9.17, 15) is 19.5 Å². The van der Waals surface area contributed by atoms with Crippen LogP contribution in [0.2, 0.25) is 0 Å². The summed E-state index contributed by atoms with van der Waals surface area (Å²) in [4.78, 5) is 39.9. The Morgan fingerprint density at radius 3 is 2.15 bits per heavy atom. The van der Waals surface area contributed by atoms with Gasteiger partial charge in [0.05, 0.1) is 25.8 Å². The molecule has 0 saturated carbocycles. The number of Topliss-reactive ketones (excluding diaryl/α,β-unsaturated/α-hetero) is 1. The van der Waals surface area contributed by atoms with Gasteiger partial charge in [-0.05, 0) is 53.9 Å². The molecule has 3 aromatic rings. The van der Waals surface area contributed by atoms with Crippen molar-refractivity contribution in [2.24, 2.45) is 0 Å². The Bertz CT molecular complexity index is 1470. The molecule has 4 rings (SSSR count). The number of hydrogen-bond acceptors (Lipinski definition) is 6. The SMILES string of the molecule is COc1ccccc1C1/C(=C(\O)c2ccc(OC)c(C(C)(C)C)c2)C(=O)C(=O)N1c1ccc(NC(C)=O)cc1. The zero-order chi connectivity index (χ0) is 28.5. The molecule has 8 heteroatoms. The van der Waals surface area contributed by atoms with Crippen molar-refractivity contribution in [2.75, 3.05) is 24.4 Å². The third-order valence-corrected chi connectivity index (χ3v) is 6.62. The Kier molecular flexibility index (Phi) is 7.49. The molecule has 0 spiro atoms. The lowest BCUT2D eigenvalue weighted by Crippen LogP contribution is -2.29. The van der Waals surface area contributed by atoms with Crippen molar-refractivity contribution >= 4 is 34.7 Å². The van der Waals surface area contributed by atoms with Crippen LogP contribution in [0.1, 0.15) is 50.4 Å². The summed E-state index contributed by atoms with van der Waals surface area (Å²) in [5, 5.41) is 14.3. The lowest BCUT2D eigenvalue weighted by Gasteiger charge is -2.27. The van der Waals surface area contributed by atoms with Gasteiger partial charge in [0.2, 0.25) is 5.91 Å². The van der Waals surface area contributed by atoms with Gasteiger partial charge in [-0.3, -0.25) is 19.3 Å². The van der Waals surface area contributed by atoms with Gasteiger partial charge in [0.25, 0.3) is 11.7 Å². The van der Waals surface area contributed by atoms with Crippen LogP contribution in [0.15, 0.2) is 72.3 Å². The number of para-hydroxylation sites is 1. The van der Waals surface area contributed by atoms with Crippen LogP contribution in [-0.4, -0.2) is 36.9 Å². The van der Waals surface area contributed by atoms with E-state index in [1.807, 2.05) is 20.8 Å². The number of amides is 2. The second-order valence-electron chi connectivity index (χ2n) is 10.3. The molecule has 3 aromatic carbocycles. The van der Waals surface area contributed by atoms with Gasteiger partial charge in [-0.15, -0.1) is 0 Å². The fourth-order valence-electron chi connectivity index (χ4n) is 4.79. The number of carbonyl (C=O) groups excluding carboxylic acids is 3. The zero-order valence-electron chi connectivity index (χ0n) is 22.9. The van der Waals surface area contributed by atoms with Crippen LogP contribution in [0.5, 0.6) is 11.5 Å². The zero-order valence-corrected chi connectivity index (χ0v) is 22.9. The summed E-state index contributed by atoms with van der Waals surface area (Å²) >= 11 is 0. The van der Waals surface area contributed by atoms with Crippen LogP contribution in [0.3, 0.4) is 0 Å². The maximum atomic E-state index is 13.6. The molecule has 2 amide bonds. The first-order valence-electron chi connectivity index (χ1n) is 12.5. The quantitative estimate of drug-likeness (QED) is 0.246. The summed E-state index contributed by atoms with van der Waals surface area (Å²) in [5.41, 5.74) is 2.36. The van der Waals surface area contributed by atoms with Gasteiger partial charge >= 0.3 is 0 Å². The van der Waals surface area contributed by atoms with Crippen LogP contribution in [-0.2, 0) is 19.8 Å². The van der Waals surface area contributed by atoms with Gasteiger partial charge in [-0.1, -0.05) is 39.0 Å². The number of anilines is 2. The Balaban J connectivity index is 1.94. The van der Waals surface area contributed by atoms with Crippen molar-refractivity contribution < 1.29 is 29.0 Å². The minimum Gasteiger partial charge on any atom is -0.507 e. The van der Waals surface area contributed by atoms with Gasteiger partial charge < -0.3 is 19.9 Å². The van der Waals surface area contributed by atoms with E-state index in [1.165, 1.54) is 18.9 Å². The number of rotatable bonds is 6. The van der Waals surface area contributed by atoms with Crippen LogP contribution >= 0.6 is 0 Å². The first kappa shape index (κ1) is 27.4. The van der Waals surface area contributed by atoms with E-state index in [0.717, 1.165) is 5.56 Å². The van der Waals surface area contributed by atoms with E-state index in [-0.39, 0.29) is 22.7 Å². The monoisotopic (exact) mass is 528 g/mol. The highest BCUT2D eigenvalue weighted by atomic mass is 16.5. The number of aliphatic hydroxyl groups is 1. The number of aliphatic hydroxyl groups excluding tert-OH is 1. The lowest BCUT2D eigenvalue weighted by atomic mass is 9.84. The van der Waals surface area contributed by atoms with Crippen molar-refractivity contribution in [1.82, 2.24) is 0 Å². The largest absolute Gasteiger partial charge is 0.507 e. The summed E-state index contributed by atoms with van der Waals surface area (Å²) in [6.07, 6.45) is 0. The van der Waals surface area contributed by atoms with Crippen molar-refractivity contribution in [3.8, 4) is 11.5 Å². The van der Waals surface area contributed by atoms with Crippen molar-refractivity contribution in [3.63, 3.8) is 0 Å². The molecule has 202 valence electrons. The highest BCUT2D eigenvalue weighted by molar-refractivity contribution is 6.51. The number of carbonyl (C=O) groups is 3. The van der Waals surface area contributed by atoms with Crippen molar-refractivity contribution in [2.45, 2.75) is 39.2 Å². The molecular weight excluding hydrogens is 496 g/mol. The second-order valence-corrected chi connectivity index (χ2v) is 10.3. The first-order chi connectivity index (χ1) is 18.5. The van der Waals surface area contributed by atoms with E-state index in [0.29, 0.717) is 34.0 Å². The number of ketones is 1. The maximum Gasteiger partial charge on any atom is 0.300 e. The molecule has 1 heterocycles. The van der Waals surface area contributed by atoms with E-state index < -0.39 is 17.7 Å². The topological polar surface area (TPSA) is 105 Å². The Hall–Kier alpha value is -4.59. The van der Waals surface area contributed by atoms with Gasteiger partial charge in [0, 0.05) is 35.0 Å². The molecule has 1 unspecified atom stereocenters. The van der Waals surface area contributed by atoms with E-state index in [1.54, 1.807) is 73.8 Å². The Morgan fingerprint density at radius 1 is 0.923 bits per heavy atom. The average Bonchev–Trinajstić information content (AvgIpc) is 3.17.